The molecule has 0 unspecified atom stereocenters. The van der Waals surface area contributed by atoms with E-state index in [-0.39, 0.29) is 29.2 Å². The molecule has 0 fully saturated rings. The summed E-state index contributed by atoms with van der Waals surface area (Å²) < 4.78 is 10.9. The van der Waals surface area contributed by atoms with E-state index in [2.05, 4.69) is 15.8 Å². The third-order valence-corrected chi connectivity index (χ3v) is 4.63. The Morgan fingerprint density at radius 3 is 2.47 bits per heavy atom. The van der Waals surface area contributed by atoms with Crippen molar-refractivity contribution in [1.82, 2.24) is 5.43 Å². The minimum Gasteiger partial charge on any atom is -0.493 e. The fourth-order valence-electron chi connectivity index (χ4n) is 2.75. The van der Waals surface area contributed by atoms with E-state index in [4.69, 9.17) is 21.1 Å². The van der Waals surface area contributed by atoms with Gasteiger partial charge < -0.3 is 14.8 Å². The van der Waals surface area contributed by atoms with Crippen LogP contribution in [0.4, 0.5) is 5.69 Å². The van der Waals surface area contributed by atoms with Gasteiger partial charge in [-0.25, -0.2) is 5.43 Å². The molecular formula is C24H22ClN3O4. The van der Waals surface area contributed by atoms with Crippen LogP contribution in [0.1, 0.15) is 21.5 Å². The molecule has 0 heterocycles. The van der Waals surface area contributed by atoms with E-state index in [1.165, 1.54) is 13.3 Å². The summed E-state index contributed by atoms with van der Waals surface area (Å²) in [4.78, 5) is 24.3. The molecule has 0 atom stereocenters. The molecule has 32 heavy (non-hydrogen) atoms. The topological polar surface area (TPSA) is 89.0 Å². The molecule has 164 valence electrons. The summed E-state index contributed by atoms with van der Waals surface area (Å²) >= 11 is 6.32. The molecule has 0 aliphatic heterocycles. The van der Waals surface area contributed by atoms with Gasteiger partial charge in [-0.05, 0) is 48.9 Å². The first-order chi connectivity index (χ1) is 15.5. The number of hydrazone groups is 1. The fourth-order valence-corrected chi connectivity index (χ4v) is 3.02. The molecule has 2 N–H and O–H groups in total. The lowest BCUT2D eigenvalue weighted by Crippen LogP contribution is -2.20. The molecule has 2 amide bonds. The fraction of sp³-hybridized carbons (Fsp3) is 0.125. The quantitative estimate of drug-likeness (QED) is 0.391. The number of benzene rings is 3. The Morgan fingerprint density at radius 2 is 1.78 bits per heavy atom. The minimum absolute atomic E-state index is 0.234. The van der Waals surface area contributed by atoms with Gasteiger partial charge in [-0.1, -0.05) is 47.5 Å². The third-order valence-electron chi connectivity index (χ3n) is 4.35. The van der Waals surface area contributed by atoms with Gasteiger partial charge in [-0.3, -0.25) is 9.59 Å². The van der Waals surface area contributed by atoms with Crippen molar-refractivity contribution in [3.05, 3.63) is 88.4 Å². The van der Waals surface area contributed by atoms with Crippen molar-refractivity contribution in [1.29, 1.82) is 0 Å². The highest BCUT2D eigenvalue weighted by Crippen LogP contribution is 2.36. The molecule has 0 aliphatic rings. The molecule has 3 aromatic rings. The summed E-state index contributed by atoms with van der Waals surface area (Å²) in [6.07, 6.45) is 1.44. The van der Waals surface area contributed by atoms with Gasteiger partial charge in [0.25, 0.3) is 11.8 Å². The van der Waals surface area contributed by atoms with Gasteiger partial charge in [0.2, 0.25) is 0 Å². The van der Waals surface area contributed by atoms with Crippen molar-refractivity contribution in [3.63, 3.8) is 0 Å². The van der Waals surface area contributed by atoms with E-state index in [1.54, 1.807) is 36.4 Å². The number of aryl methyl sites for hydroxylation is 1. The molecule has 3 aromatic carbocycles. The summed E-state index contributed by atoms with van der Waals surface area (Å²) in [7, 11) is 1.46. The minimum atomic E-state index is -0.334. The molecule has 8 heteroatoms. The second kappa shape index (κ2) is 11.0. The van der Waals surface area contributed by atoms with Crippen molar-refractivity contribution >= 4 is 35.3 Å². The Labute approximate surface area is 191 Å². The number of carbonyl (C=O) groups is 2. The number of amides is 2. The first-order valence-corrected chi connectivity index (χ1v) is 10.1. The number of ether oxygens (including phenoxy) is 2. The van der Waals surface area contributed by atoms with Crippen molar-refractivity contribution in [2.24, 2.45) is 5.10 Å². The van der Waals surface area contributed by atoms with Gasteiger partial charge in [0, 0.05) is 11.3 Å². The van der Waals surface area contributed by atoms with Crippen molar-refractivity contribution in [3.8, 4) is 11.5 Å². The Bertz CT molecular complexity index is 1120. The first kappa shape index (κ1) is 22.8. The summed E-state index contributed by atoms with van der Waals surface area (Å²) in [6, 6.07) is 19.4. The zero-order valence-corrected chi connectivity index (χ0v) is 18.3. The summed E-state index contributed by atoms with van der Waals surface area (Å²) in [5.74, 6) is -0.1000. The second-order valence-corrected chi connectivity index (χ2v) is 7.21. The van der Waals surface area contributed by atoms with Crippen LogP contribution in [0.25, 0.3) is 0 Å². The number of nitrogens with zero attached hydrogens (tertiary/aromatic N) is 1. The van der Waals surface area contributed by atoms with Gasteiger partial charge in [0.05, 0.1) is 18.3 Å². The zero-order valence-electron chi connectivity index (χ0n) is 17.6. The predicted molar refractivity (Wildman–Crippen MR) is 125 cm³/mol. The maximum Gasteiger partial charge on any atom is 0.271 e. The molecule has 0 saturated heterocycles. The van der Waals surface area contributed by atoms with Gasteiger partial charge in [0.15, 0.2) is 18.1 Å². The van der Waals surface area contributed by atoms with E-state index in [0.717, 1.165) is 5.56 Å². The summed E-state index contributed by atoms with van der Waals surface area (Å²) in [6.45, 7) is 1.70. The van der Waals surface area contributed by atoms with E-state index in [1.807, 2.05) is 37.3 Å². The maximum atomic E-state index is 12.1. The smallest absolute Gasteiger partial charge is 0.271 e. The van der Waals surface area contributed by atoms with E-state index < -0.39 is 0 Å². The highest BCUT2D eigenvalue weighted by molar-refractivity contribution is 6.32. The van der Waals surface area contributed by atoms with Gasteiger partial charge in [0.1, 0.15) is 0 Å². The van der Waals surface area contributed by atoms with Crippen molar-refractivity contribution in [2.45, 2.75) is 6.92 Å². The SMILES string of the molecule is COc1cc(/C=N/NC(=O)c2ccc(C)cc2)cc(Cl)c1OCC(=O)Nc1ccccc1. The van der Waals surface area contributed by atoms with Crippen LogP contribution in [-0.2, 0) is 4.79 Å². The highest BCUT2D eigenvalue weighted by Gasteiger charge is 2.14. The first-order valence-electron chi connectivity index (χ1n) is 9.71. The summed E-state index contributed by atoms with van der Waals surface area (Å²) in [5, 5.41) is 6.93. The lowest BCUT2D eigenvalue weighted by atomic mass is 10.1. The predicted octanol–water partition coefficient (Wildman–Crippen LogP) is 4.44. The van der Waals surface area contributed by atoms with Gasteiger partial charge in [-0.2, -0.15) is 5.10 Å². The van der Waals surface area contributed by atoms with Crippen LogP contribution < -0.4 is 20.2 Å². The number of carbonyl (C=O) groups excluding carboxylic acids is 2. The Balaban J connectivity index is 1.62. The number of halogens is 1. The van der Waals surface area contributed by atoms with Crippen LogP contribution in [0, 0.1) is 6.92 Å². The molecule has 0 radical (unpaired) electrons. The Kier molecular flexibility index (Phi) is 7.83. The molecule has 0 bridgehead atoms. The molecule has 0 spiro atoms. The summed E-state index contributed by atoms with van der Waals surface area (Å²) in [5.41, 5.74) is 5.27. The Hall–Kier alpha value is -3.84. The van der Waals surface area contributed by atoms with Crippen LogP contribution in [0.2, 0.25) is 5.02 Å². The van der Waals surface area contributed by atoms with Gasteiger partial charge >= 0.3 is 0 Å². The number of rotatable bonds is 8. The lowest BCUT2D eigenvalue weighted by molar-refractivity contribution is -0.118. The van der Waals surface area contributed by atoms with E-state index in [0.29, 0.717) is 22.6 Å². The van der Waals surface area contributed by atoms with Gasteiger partial charge in [-0.15, -0.1) is 0 Å². The zero-order chi connectivity index (χ0) is 22.9. The van der Waals surface area contributed by atoms with E-state index >= 15 is 0 Å². The number of para-hydroxylation sites is 1. The molecule has 0 aromatic heterocycles. The molecule has 3 rings (SSSR count). The largest absolute Gasteiger partial charge is 0.493 e. The average Bonchev–Trinajstić information content (AvgIpc) is 2.79. The van der Waals surface area contributed by atoms with Crippen LogP contribution >= 0.6 is 11.6 Å². The third kappa shape index (κ3) is 6.33. The van der Waals surface area contributed by atoms with Crippen LogP contribution in [-0.4, -0.2) is 31.7 Å². The normalized spacial score (nSPS) is 10.6. The van der Waals surface area contributed by atoms with Crippen LogP contribution in [0.15, 0.2) is 71.8 Å². The highest BCUT2D eigenvalue weighted by atomic mass is 35.5. The monoisotopic (exact) mass is 451 g/mol. The van der Waals surface area contributed by atoms with Crippen molar-refractivity contribution < 1.29 is 19.1 Å². The van der Waals surface area contributed by atoms with E-state index in [9.17, 15) is 9.59 Å². The Morgan fingerprint density at radius 1 is 1.06 bits per heavy atom. The number of hydrogen-bond acceptors (Lipinski definition) is 5. The molecule has 0 saturated carbocycles. The van der Waals surface area contributed by atoms with Crippen molar-refractivity contribution in [2.75, 3.05) is 19.0 Å². The average molecular weight is 452 g/mol. The maximum absolute atomic E-state index is 12.1. The number of anilines is 1. The second-order valence-electron chi connectivity index (χ2n) is 6.80. The molecular weight excluding hydrogens is 430 g/mol. The number of nitrogens with one attached hydrogen (secondary N) is 2. The number of hydrogen-bond donors (Lipinski definition) is 2. The molecule has 0 aliphatic carbocycles. The van der Waals surface area contributed by atoms with Crippen LogP contribution in [0.3, 0.4) is 0 Å². The van der Waals surface area contributed by atoms with Crippen LogP contribution in [0.5, 0.6) is 11.5 Å². The number of methoxy groups -OCH3 is 1. The molecule has 7 nitrogen and oxygen atoms in total. The standard InChI is InChI=1S/C24H22ClN3O4/c1-16-8-10-18(11-9-16)24(30)28-26-14-17-12-20(25)23(21(13-17)31-2)32-15-22(29)27-19-6-4-3-5-7-19/h3-14H,15H2,1-2H3,(H,27,29)(H,28,30)/b26-14+. The lowest BCUT2D eigenvalue weighted by Gasteiger charge is -2.13.